The number of hydrogen-bond acceptors (Lipinski definition) is 4. The van der Waals surface area contributed by atoms with Crippen molar-refractivity contribution < 1.29 is 15.0 Å². The summed E-state index contributed by atoms with van der Waals surface area (Å²) >= 11 is 0. The highest BCUT2D eigenvalue weighted by Crippen LogP contribution is 2.65. The molecule has 0 saturated heterocycles. The van der Waals surface area contributed by atoms with Crippen LogP contribution in [0.1, 0.15) is 59.3 Å². The molecule has 4 heteroatoms. The summed E-state index contributed by atoms with van der Waals surface area (Å²) in [5.74, 6) is 1.37. The van der Waals surface area contributed by atoms with Gasteiger partial charge in [-0.1, -0.05) is 19.4 Å². The Morgan fingerprint density at radius 1 is 1.08 bits per heavy atom. The number of carbonyl (C=O) groups is 1. The van der Waals surface area contributed by atoms with Gasteiger partial charge in [-0.15, -0.1) is 0 Å². The maximum atomic E-state index is 13.0. The summed E-state index contributed by atoms with van der Waals surface area (Å²) < 4.78 is 0. The maximum absolute atomic E-state index is 13.0. The van der Waals surface area contributed by atoms with E-state index in [2.05, 4.69) is 20.8 Å². The van der Waals surface area contributed by atoms with Crippen molar-refractivity contribution in [3.63, 3.8) is 0 Å². The Kier molecular flexibility index (Phi) is 3.99. The molecule has 3 saturated carbocycles. The molecule has 4 N–H and O–H groups in total. The second kappa shape index (κ2) is 5.64. The van der Waals surface area contributed by atoms with Crippen molar-refractivity contribution in [2.24, 2.45) is 40.2 Å². The lowest BCUT2D eigenvalue weighted by Crippen LogP contribution is -2.56. The highest BCUT2D eigenvalue weighted by atomic mass is 16.3. The Balaban J connectivity index is 1.73. The predicted octanol–water partition coefficient (Wildman–Crippen LogP) is 2.42. The molecule has 0 spiro atoms. The van der Waals surface area contributed by atoms with Gasteiger partial charge in [0.2, 0.25) is 0 Å². The average Bonchev–Trinajstić information content (AvgIpc) is 2.88. The highest BCUT2D eigenvalue weighted by Gasteiger charge is 2.60. The molecule has 0 heterocycles. The molecule has 0 aromatic rings. The number of hydrogen-bond donors (Lipinski definition) is 3. The second-order valence-corrected chi connectivity index (χ2v) is 9.87. The van der Waals surface area contributed by atoms with E-state index in [1.165, 1.54) is 5.57 Å². The van der Waals surface area contributed by atoms with Crippen LogP contribution < -0.4 is 5.73 Å². The summed E-state index contributed by atoms with van der Waals surface area (Å²) in [6.07, 6.45) is 5.91. The molecule has 3 unspecified atom stereocenters. The molecule has 4 aliphatic rings. The van der Waals surface area contributed by atoms with Crippen LogP contribution in [0.5, 0.6) is 0 Å². The summed E-state index contributed by atoms with van der Waals surface area (Å²) in [6, 6.07) is 0.196. The minimum atomic E-state index is -0.764. The van der Waals surface area contributed by atoms with Gasteiger partial charge in [-0.05, 0) is 80.1 Å². The summed E-state index contributed by atoms with van der Waals surface area (Å²) in [5.41, 5.74) is 7.63. The largest absolute Gasteiger partial charge is 0.390 e. The van der Waals surface area contributed by atoms with Gasteiger partial charge in [-0.25, -0.2) is 0 Å². The third-order valence-corrected chi connectivity index (χ3v) is 8.64. The van der Waals surface area contributed by atoms with Gasteiger partial charge in [0.1, 0.15) is 0 Å². The van der Waals surface area contributed by atoms with Crippen molar-refractivity contribution in [3.05, 3.63) is 11.6 Å². The summed E-state index contributed by atoms with van der Waals surface area (Å²) in [5, 5.41) is 20.4. The van der Waals surface area contributed by atoms with Gasteiger partial charge in [0, 0.05) is 12.0 Å². The van der Waals surface area contributed by atoms with Crippen LogP contribution in [-0.2, 0) is 4.79 Å². The lowest BCUT2D eigenvalue weighted by atomic mass is 9.47. The van der Waals surface area contributed by atoms with Crippen LogP contribution in [0.25, 0.3) is 0 Å². The summed E-state index contributed by atoms with van der Waals surface area (Å²) in [4.78, 5) is 13.0. The van der Waals surface area contributed by atoms with Gasteiger partial charge >= 0.3 is 0 Å². The molecule has 25 heavy (non-hydrogen) atoms. The lowest BCUT2D eigenvalue weighted by Gasteiger charge is -2.57. The van der Waals surface area contributed by atoms with E-state index in [1.807, 2.05) is 6.08 Å². The average molecular weight is 347 g/mol. The monoisotopic (exact) mass is 347 g/mol. The van der Waals surface area contributed by atoms with Crippen molar-refractivity contribution in [2.45, 2.75) is 77.5 Å². The molecule has 3 fully saturated rings. The van der Waals surface area contributed by atoms with Gasteiger partial charge in [-0.2, -0.15) is 0 Å². The number of nitrogens with two attached hydrogens (primary N) is 1. The molecule has 9 atom stereocenters. The Labute approximate surface area is 150 Å². The molecule has 4 nitrogen and oxygen atoms in total. The van der Waals surface area contributed by atoms with Gasteiger partial charge in [-0.3, -0.25) is 4.79 Å². The number of rotatable bonds is 1. The molecule has 4 rings (SSSR count). The number of ketones is 1. The molecule has 0 bridgehead atoms. The molecule has 4 aliphatic carbocycles. The van der Waals surface area contributed by atoms with E-state index in [0.717, 1.165) is 25.7 Å². The third kappa shape index (κ3) is 2.33. The van der Waals surface area contributed by atoms with Gasteiger partial charge in [0.25, 0.3) is 0 Å². The fourth-order valence-electron chi connectivity index (χ4n) is 7.30. The molecule has 0 radical (unpaired) electrons. The number of allylic oxidation sites excluding steroid dienone is 2. The first kappa shape index (κ1) is 17.7. The smallest absolute Gasteiger partial charge is 0.159 e. The quantitative estimate of drug-likeness (QED) is 0.680. The minimum absolute atomic E-state index is 0.144. The number of aliphatic hydroxyl groups excluding tert-OH is 2. The fourth-order valence-corrected chi connectivity index (χ4v) is 7.30. The predicted molar refractivity (Wildman–Crippen MR) is 96.6 cm³/mol. The third-order valence-electron chi connectivity index (χ3n) is 8.64. The van der Waals surface area contributed by atoms with Crippen LogP contribution in [0.2, 0.25) is 0 Å². The highest BCUT2D eigenvalue weighted by molar-refractivity contribution is 5.94. The Bertz CT molecular complexity index is 614. The van der Waals surface area contributed by atoms with Gasteiger partial charge in [0.15, 0.2) is 5.78 Å². The standard InChI is InChI=1S/C21H33NO3/c1-11(22)13-4-5-14-12-8-17(23)16-9-18(24)19(25)10-21(16,3)15(12)6-7-20(13,14)2/h8,11,13-16,18-19,24-25H,4-7,9-10,22H2,1-3H3/t11?,13-,14?,15?,16+,18-,19+,20-,21-/m1/s1. The van der Waals surface area contributed by atoms with Gasteiger partial charge < -0.3 is 15.9 Å². The van der Waals surface area contributed by atoms with E-state index >= 15 is 0 Å². The van der Waals surface area contributed by atoms with Crippen molar-refractivity contribution >= 4 is 5.78 Å². The molecular formula is C21H33NO3. The second-order valence-electron chi connectivity index (χ2n) is 9.87. The zero-order valence-corrected chi connectivity index (χ0v) is 15.7. The van der Waals surface area contributed by atoms with Crippen LogP contribution in [0.3, 0.4) is 0 Å². The van der Waals surface area contributed by atoms with Gasteiger partial charge in [0.05, 0.1) is 12.2 Å². The first-order valence-electron chi connectivity index (χ1n) is 10.1. The zero-order valence-electron chi connectivity index (χ0n) is 15.7. The van der Waals surface area contributed by atoms with Crippen molar-refractivity contribution in [1.29, 1.82) is 0 Å². The lowest BCUT2D eigenvalue weighted by molar-refractivity contribution is -0.143. The first-order valence-corrected chi connectivity index (χ1v) is 10.1. The van der Waals surface area contributed by atoms with Crippen molar-refractivity contribution in [2.75, 3.05) is 0 Å². The molecule has 0 aromatic carbocycles. The van der Waals surface area contributed by atoms with E-state index in [-0.39, 0.29) is 28.6 Å². The molecule has 0 aliphatic heterocycles. The van der Waals surface area contributed by atoms with E-state index in [4.69, 9.17) is 5.73 Å². The number of fused-ring (bicyclic) bond motifs is 5. The van der Waals surface area contributed by atoms with E-state index in [0.29, 0.717) is 30.6 Å². The topological polar surface area (TPSA) is 83.6 Å². The zero-order chi connectivity index (χ0) is 18.1. The fraction of sp³-hybridized carbons (Fsp3) is 0.857. The maximum Gasteiger partial charge on any atom is 0.159 e. The Hall–Kier alpha value is -0.710. The molecule has 140 valence electrons. The molecule has 0 aromatic heterocycles. The molecular weight excluding hydrogens is 314 g/mol. The molecule has 0 amide bonds. The van der Waals surface area contributed by atoms with Crippen LogP contribution in [0.15, 0.2) is 11.6 Å². The van der Waals surface area contributed by atoms with Crippen LogP contribution in [0, 0.1) is 34.5 Å². The SMILES string of the molecule is CC(N)[C@H]1CCC2C3=CC(=O)[C@@H]4C[C@@H](O)[C@@H](O)C[C@]4(C)C3CC[C@@]21C. The van der Waals surface area contributed by atoms with Crippen LogP contribution in [0.4, 0.5) is 0 Å². The number of aliphatic hydroxyl groups is 2. The van der Waals surface area contributed by atoms with Crippen LogP contribution >= 0.6 is 0 Å². The normalized spacial score (nSPS) is 53.5. The summed E-state index contributed by atoms with van der Waals surface area (Å²) in [6.45, 7) is 6.69. The minimum Gasteiger partial charge on any atom is -0.390 e. The first-order chi connectivity index (χ1) is 11.7. The van der Waals surface area contributed by atoms with Crippen molar-refractivity contribution in [1.82, 2.24) is 0 Å². The van der Waals surface area contributed by atoms with Crippen LogP contribution in [-0.4, -0.2) is 34.2 Å². The van der Waals surface area contributed by atoms with Crippen molar-refractivity contribution in [3.8, 4) is 0 Å². The summed E-state index contributed by atoms with van der Waals surface area (Å²) in [7, 11) is 0. The van der Waals surface area contributed by atoms with E-state index in [9.17, 15) is 15.0 Å². The van der Waals surface area contributed by atoms with E-state index in [1.54, 1.807) is 0 Å². The Morgan fingerprint density at radius 3 is 2.44 bits per heavy atom. The Morgan fingerprint density at radius 2 is 1.76 bits per heavy atom. The number of carbonyl (C=O) groups excluding carboxylic acids is 1. The van der Waals surface area contributed by atoms with E-state index < -0.39 is 12.2 Å².